The van der Waals surface area contributed by atoms with Gasteiger partial charge in [0.25, 0.3) is 0 Å². The average molecular weight is 233 g/mol. The summed E-state index contributed by atoms with van der Waals surface area (Å²) in [5, 5.41) is 3.42. The Balaban J connectivity index is 1.98. The van der Waals surface area contributed by atoms with Crippen LogP contribution >= 0.6 is 0 Å². The summed E-state index contributed by atoms with van der Waals surface area (Å²) in [5.74, 6) is 1.38. The molecule has 3 rings (SSSR count). The van der Waals surface area contributed by atoms with Gasteiger partial charge in [-0.15, -0.1) is 0 Å². The van der Waals surface area contributed by atoms with Crippen LogP contribution in [0.15, 0.2) is 0 Å². The molecule has 1 N–H and O–H groups in total. The van der Waals surface area contributed by atoms with E-state index < -0.39 is 0 Å². The van der Waals surface area contributed by atoms with Crippen LogP contribution in [0.5, 0.6) is 0 Å². The summed E-state index contributed by atoms with van der Waals surface area (Å²) in [5.41, 5.74) is 3.81. The summed E-state index contributed by atoms with van der Waals surface area (Å²) in [4.78, 5) is 9.26. The minimum absolute atomic E-state index is 0.471. The van der Waals surface area contributed by atoms with E-state index in [9.17, 15) is 0 Å². The molecule has 2 aliphatic heterocycles. The van der Waals surface area contributed by atoms with Gasteiger partial charge in [-0.1, -0.05) is 0 Å². The second kappa shape index (κ2) is 4.70. The Labute approximate surface area is 102 Å². The summed E-state index contributed by atoms with van der Waals surface area (Å²) in [6.07, 6.45) is 3.37. The first-order chi connectivity index (χ1) is 8.34. The number of aromatic nitrogens is 2. The number of hydrogen-bond donors (Lipinski definition) is 1. The highest BCUT2D eigenvalue weighted by molar-refractivity contribution is 5.31. The third-order valence-electron chi connectivity index (χ3n) is 3.62. The van der Waals surface area contributed by atoms with Gasteiger partial charge in [-0.2, -0.15) is 0 Å². The van der Waals surface area contributed by atoms with Crippen LogP contribution in [-0.2, 0) is 17.7 Å². The molecule has 1 aromatic heterocycles. The van der Waals surface area contributed by atoms with E-state index in [0.29, 0.717) is 5.92 Å². The van der Waals surface area contributed by atoms with Crippen LogP contribution in [0.3, 0.4) is 0 Å². The van der Waals surface area contributed by atoms with Crippen LogP contribution in [0.2, 0.25) is 0 Å². The van der Waals surface area contributed by atoms with E-state index in [1.165, 1.54) is 23.4 Å². The van der Waals surface area contributed by atoms with Crippen molar-refractivity contribution in [3.05, 3.63) is 22.8 Å². The average Bonchev–Trinajstić information content (AvgIpc) is 2.39. The first-order valence-corrected chi connectivity index (χ1v) is 6.49. The van der Waals surface area contributed by atoms with Gasteiger partial charge >= 0.3 is 0 Å². The number of nitrogens with one attached hydrogen (secondary N) is 1. The summed E-state index contributed by atoms with van der Waals surface area (Å²) in [7, 11) is 0. The van der Waals surface area contributed by atoms with Crippen molar-refractivity contribution in [1.82, 2.24) is 15.3 Å². The van der Waals surface area contributed by atoms with E-state index >= 15 is 0 Å². The predicted molar refractivity (Wildman–Crippen MR) is 65.0 cm³/mol. The molecule has 4 heteroatoms. The van der Waals surface area contributed by atoms with Gasteiger partial charge in [0.2, 0.25) is 0 Å². The smallest absolute Gasteiger partial charge is 0.125 e. The second-order valence-electron chi connectivity index (χ2n) is 4.92. The molecule has 1 unspecified atom stereocenters. The molecule has 0 spiro atoms. The Morgan fingerprint density at radius 2 is 2.29 bits per heavy atom. The maximum atomic E-state index is 5.59. The minimum Gasteiger partial charge on any atom is -0.381 e. The van der Waals surface area contributed by atoms with Gasteiger partial charge in [-0.3, -0.25) is 0 Å². The van der Waals surface area contributed by atoms with Crippen molar-refractivity contribution in [2.75, 3.05) is 19.8 Å². The molecule has 0 aromatic carbocycles. The molecular weight excluding hydrogens is 214 g/mol. The Bertz CT molecular complexity index is 413. The topological polar surface area (TPSA) is 47.0 Å². The highest BCUT2D eigenvalue weighted by Gasteiger charge is 2.24. The normalized spacial score (nSPS) is 24.4. The largest absolute Gasteiger partial charge is 0.381 e. The lowest BCUT2D eigenvalue weighted by Gasteiger charge is -2.27. The lowest BCUT2D eigenvalue weighted by molar-refractivity contribution is 0.0788. The zero-order valence-corrected chi connectivity index (χ0v) is 10.3. The fourth-order valence-electron chi connectivity index (χ4n) is 2.79. The highest BCUT2D eigenvalue weighted by atomic mass is 16.5. The molecule has 0 bridgehead atoms. The van der Waals surface area contributed by atoms with Crippen LogP contribution in [0.4, 0.5) is 0 Å². The molecule has 2 aliphatic rings. The molecule has 0 aliphatic carbocycles. The summed E-state index contributed by atoms with van der Waals surface area (Å²) in [6, 6.07) is 0. The maximum Gasteiger partial charge on any atom is 0.125 e. The van der Waals surface area contributed by atoms with Crippen LogP contribution in [-0.4, -0.2) is 29.7 Å². The van der Waals surface area contributed by atoms with Gasteiger partial charge in [0, 0.05) is 37.6 Å². The molecule has 17 heavy (non-hydrogen) atoms. The fraction of sp³-hybridized carbons (Fsp3) is 0.692. The van der Waals surface area contributed by atoms with Crippen molar-refractivity contribution >= 4 is 0 Å². The fourth-order valence-corrected chi connectivity index (χ4v) is 2.79. The van der Waals surface area contributed by atoms with Crippen molar-refractivity contribution in [3.8, 4) is 0 Å². The van der Waals surface area contributed by atoms with E-state index in [2.05, 4.69) is 15.3 Å². The molecule has 1 fully saturated rings. The second-order valence-corrected chi connectivity index (χ2v) is 4.92. The number of rotatable bonds is 1. The molecule has 0 amide bonds. The van der Waals surface area contributed by atoms with Crippen LogP contribution in [0, 0.1) is 6.92 Å². The first kappa shape index (κ1) is 11.1. The Morgan fingerprint density at radius 1 is 1.35 bits per heavy atom. The van der Waals surface area contributed by atoms with Crippen LogP contribution in [0.25, 0.3) is 0 Å². The third-order valence-corrected chi connectivity index (χ3v) is 3.62. The molecule has 92 valence electrons. The minimum atomic E-state index is 0.471. The molecular formula is C13H19N3O. The Morgan fingerprint density at radius 3 is 3.12 bits per heavy atom. The molecule has 0 radical (unpaired) electrons. The van der Waals surface area contributed by atoms with Crippen molar-refractivity contribution in [1.29, 1.82) is 0 Å². The monoisotopic (exact) mass is 233 g/mol. The highest BCUT2D eigenvalue weighted by Crippen LogP contribution is 2.28. The number of aryl methyl sites for hydroxylation is 1. The third kappa shape index (κ3) is 2.19. The van der Waals surface area contributed by atoms with Crippen LogP contribution < -0.4 is 5.32 Å². The zero-order chi connectivity index (χ0) is 11.7. The van der Waals surface area contributed by atoms with Crippen molar-refractivity contribution in [2.45, 2.75) is 38.6 Å². The van der Waals surface area contributed by atoms with E-state index in [4.69, 9.17) is 4.74 Å². The first-order valence-electron chi connectivity index (χ1n) is 6.49. The SMILES string of the molecule is Cc1nc2c(c(C3CCCOC3)n1)CNCC2. The zero-order valence-electron chi connectivity index (χ0n) is 10.3. The number of nitrogens with zero attached hydrogens (tertiary/aromatic N) is 2. The predicted octanol–water partition coefficient (Wildman–Crippen LogP) is 1.32. The van der Waals surface area contributed by atoms with Gasteiger partial charge in [-0.05, 0) is 19.8 Å². The Hall–Kier alpha value is -1.00. The van der Waals surface area contributed by atoms with E-state index in [1.807, 2.05) is 6.92 Å². The van der Waals surface area contributed by atoms with Gasteiger partial charge in [-0.25, -0.2) is 9.97 Å². The van der Waals surface area contributed by atoms with Gasteiger partial charge in [0.15, 0.2) is 0 Å². The summed E-state index contributed by atoms with van der Waals surface area (Å²) >= 11 is 0. The number of hydrogen-bond acceptors (Lipinski definition) is 4. The molecule has 3 heterocycles. The van der Waals surface area contributed by atoms with Crippen molar-refractivity contribution in [2.24, 2.45) is 0 Å². The molecule has 1 aromatic rings. The summed E-state index contributed by atoms with van der Waals surface area (Å²) < 4.78 is 5.59. The van der Waals surface area contributed by atoms with E-state index in [0.717, 1.165) is 45.0 Å². The lowest BCUT2D eigenvalue weighted by Crippen LogP contribution is -2.29. The lowest BCUT2D eigenvalue weighted by atomic mass is 9.92. The summed E-state index contributed by atoms with van der Waals surface area (Å²) in [6.45, 7) is 5.67. The molecule has 1 saturated heterocycles. The molecule has 1 atom stereocenters. The Kier molecular flexibility index (Phi) is 3.07. The van der Waals surface area contributed by atoms with E-state index in [1.54, 1.807) is 0 Å². The quantitative estimate of drug-likeness (QED) is 0.795. The standard InChI is InChI=1S/C13H19N3O/c1-9-15-12-4-5-14-7-11(12)13(16-9)10-3-2-6-17-8-10/h10,14H,2-8H2,1H3. The van der Waals surface area contributed by atoms with Crippen molar-refractivity contribution < 1.29 is 4.74 Å². The van der Waals surface area contributed by atoms with Crippen molar-refractivity contribution in [3.63, 3.8) is 0 Å². The van der Waals surface area contributed by atoms with Gasteiger partial charge in [0.05, 0.1) is 18.0 Å². The molecule has 4 nitrogen and oxygen atoms in total. The number of ether oxygens (including phenoxy) is 1. The molecule has 0 saturated carbocycles. The van der Waals surface area contributed by atoms with Gasteiger partial charge in [0.1, 0.15) is 5.82 Å². The van der Waals surface area contributed by atoms with Gasteiger partial charge < -0.3 is 10.1 Å². The number of fused-ring (bicyclic) bond motifs is 1. The van der Waals surface area contributed by atoms with Crippen LogP contribution in [0.1, 0.15) is 41.5 Å². The van der Waals surface area contributed by atoms with E-state index in [-0.39, 0.29) is 0 Å². The maximum absolute atomic E-state index is 5.59.